The molecule has 106 valence electrons. The van der Waals surface area contributed by atoms with Gasteiger partial charge in [-0.15, -0.1) is 0 Å². The molecule has 1 aromatic carbocycles. The van der Waals surface area contributed by atoms with Gasteiger partial charge >= 0.3 is 0 Å². The minimum atomic E-state index is -0.726. The average molecular weight is 263 g/mol. The van der Waals surface area contributed by atoms with Gasteiger partial charge in [-0.25, -0.2) is 0 Å². The lowest BCUT2D eigenvalue weighted by Crippen LogP contribution is -2.52. The molecule has 1 atom stereocenters. The molecule has 3 heteroatoms. The Morgan fingerprint density at radius 3 is 2.37 bits per heavy atom. The fraction of sp³-hybridized carbons (Fsp3) is 0.625. The van der Waals surface area contributed by atoms with Gasteiger partial charge in [0.2, 0.25) is 0 Å². The summed E-state index contributed by atoms with van der Waals surface area (Å²) in [6, 6.07) is 9.74. The van der Waals surface area contributed by atoms with E-state index in [2.05, 4.69) is 0 Å². The number of aliphatic hydroxyl groups is 1. The van der Waals surface area contributed by atoms with Crippen molar-refractivity contribution in [2.45, 2.75) is 63.6 Å². The number of hydrogen-bond acceptors (Lipinski definition) is 3. The molecule has 1 fully saturated rings. The minimum Gasteiger partial charge on any atom is -0.388 e. The largest absolute Gasteiger partial charge is 0.388 e. The Balaban J connectivity index is 2.04. The van der Waals surface area contributed by atoms with E-state index in [1.54, 1.807) is 0 Å². The summed E-state index contributed by atoms with van der Waals surface area (Å²) in [5, 5.41) is 22.5. The second-order valence-corrected chi connectivity index (χ2v) is 5.67. The van der Waals surface area contributed by atoms with Crippen molar-refractivity contribution >= 4 is 0 Å². The summed E-state index contributed by atoms with van der Waals surface area (Å²) >= 11 is 0. The molecule has 0 aromatic heterocycles. The number of nitrogens with zero attached hydrogens (tertiary/aromatic N) is 1. The van der Waals surface area contributed by atoms with E-state index in [9.17, 15) is 10.3 Å². The van der Waals surface area contributed by atoms with E-state index >= 15 is 0 Å². The highest BCUT2D eigenvalue weighted by Crippen LogP contribution is 2.34. The smallest absolute Gasteiger partial charge is 0.0825 e. The molecule has 1 aliphatic carbocycles. The van der Waals surface area contributed by atoms with Gasteiger partial charge in [0.15, 0.2) is 0 Å². The third-order valence-corrected chi connectivity index (χ3v) is 4.27. The summed E-state index contributed by atoms with van der Waals surface area (Å²) in [7, 11) is 0. The van der Waals surface area contributed by atoms with Crippen LogP contribution in [0.2, 0.25) is 0 Å². The lowest BCUT2D eigenvalue weighted by atomic mass is 9.78. The van der Waals surface area contributed by atoms with Crippen molar-refractivity contribution in [2.24, 2.45) is 0 Å². The SMILES string of the molecule is CCC(N(O)Cc1ccccc1)C1(O)CCCCC1. The molecule has 1 unspecified atom stereocenters. The normalized spacial score (nSPS) is 20.4. The van der Waals surface area contributed by atoms with E-state index in [0.29, 0.717) is 6.54 Å². The van der Waals surface area contributed by atoms with Gasteiger partial charge in [-0.3, -0.25) is 0 Å². The molecule has 0 heterocycles. The predicted molar refractivity (Wildman–Crippen MR) is 75.9 cm³/mol. The van der Waals surface area contributed by atoms with E-state index in [0.717, 1.165) is 37.7 Å². The lowest BCUT2D eigenvalue weighted by molar-refractivity contribution is -0.200. The van der Waals surface area contributed by atoms with Gasteiger partial charge in [0.05, 0.1) is 11.6 Å². The lowest BCUT2D eigenvalue weighted by Gasteiger charge is -2.42. The van der Waals surface area contributed by atoms with Crippen LogP contribution in [-0.2, 0) is 6.54 Å². The first-order valence-electron chi connectivity index (χ1n) is 7.37. The summed E-state index contributed by atoms with van der Waals surface area (Å²) in [6.45, 7) is 2.51. The Kier molecular flexibility index (Phi) is 4.97. The van der Waals surface area contributed by atoms with E-state index < -0.39 is 5.60 Å². The molecule has 2 rings (SSSR count). The molecular weight excluding hydrogens is 238 g/mol. The van der Waals surface area contributed by atoms with Crippen molar-refractivity contribution in [3.05, 3.63) is 35.9 Å². The zero-order valence-corrected chi connectivity index (χ0v) is 11.8. The Morgan fingerprint density at radius 1 is 1.16 bits per heavy atom. The monoisotopic (exact) mass is 263 g/mol. The summed E-state index contributed by atoms with van der Waals surface area (Å²) in [5.74, 6) is 0. The zero-order chi connectivity index (χ0) is 13.7. The van der Waals surface area contributed by atoms with E-state index in [4.69, 9.17) is 0 Å². The molecule has 3 nitrogen and oxygen atoms in total. The van der Waals surface area contributed by atoms with Crippen LogP contribution in [0.5, 0.6) is 0 Å². The zero-order valence-electron chi connectivity index (χ0n) is 11.8. The van der Waals surface area contributed by atoms with Gasteiger partial charge in [-0.1, -0.05) is 56.5 Å². The molecule has 19 heavy (non-hydrogen) atoms. The minimum absolute atomic E-state index is 0.173. The average Bonchev–Trinajstić information content (AvgIpc) is 2.41. The first kappa shape index (κ1) is 14.5. The van der Waals surface area contributed by atoms with Gasteiger partial charge in [-0.05, 0) is 24.8 Å². The van der Waals surface area contributed by atoms with Crippen molar-refractivity contribution in [3.8, 4) is 0 Å². The fourth-order valence-electron chi connectivity index (χ4n) is 3.25. The molecule has 1 aromatic rings. The van der Waals surface area contributed by atoms with E-state index in [1.165, 1.54) is 11.5 Å². The molecule has 0 spiro atoms. The fourth-order valence-corrected chi connectivity index (χ4v) is 3.25. The van der Waals surface area contributed by atoms with Crippen molar-refractivity contribution in [3.63, 3.8) is 0 Å². The van der Waals surface area contributed by atoms with Crippen LogP contribution in [0.1, 0.15) is 51.0 Å². The summed E-state index contributed by atoms with van der Waals surface area (Å²) in [6.07, 6.45) is 5.69. The molecule has 0 amide bonds. The van der Waals surface area contributed by atoms with Crippen molar-refractivity contribution in [1.29, 1.82) is 0 Å². The van der Waals surface area contributed by atoms with Crippen molar-refractivity contribution in [1.82, 2.24) is 5.06 Å². The van der Waals surface area contributed by atoms with Crippen LogP contribution in [0.4, 0.5) is 0 Å². The summed E-state index contributed by atoms with van der Waals surface area (Å²) < 4.78 is 0. The molecular formula is C16H25NO2. The quantitative estimate of drug-likeness (QED) is 0.801. The van der Waals surface area contributed by atoms with Gasteiger partial charge in [0.1, 0.15) is 0 Å². The van der Waals surface area contributed by atoms with E-state index in [1.807, 2.05) is 37.3 Å². The van der Waals surface area contributed by atoms with Crippen molar-refractivity contribution < 1.29 is 10.3 Å². The first-order valence-corrected chi connectivity index (χ1v) is 7.37. The van der Waals surface area contributed by atoms with Gasteiger partial charge in [0, 0.05) is 6.54 Å². The molecule has 1 saturated carbocycles. The summed E-state index contributed by atoms with van der Waals surface area (Å²) in [4.78, 5) is 0. The number of hydrogen-bond donors (Lipinski definition) is 2. The highest BCUT2D eigenvalue weighted by atomic mass is 16.5. The third kappa shape index (κ3) is 3.56. The first-order chi connectivity index (χ1) is 9.15. The van der Waals surface area contributed by atoms with Crippen LogP contribution < -0.4 is 0 Å². The molecule has 1 aliphatic rings. The molecule has 0 bridgehead atoms. The number of benzene rings is 1. The third-order valence-electron chi connectivity index (χ3n) is 4.27. The maximum atomic E-state index is 10.8. The summed E-state index contributed by atoms with van der Waals surface area (Å²) in [5.41, 5.74) is 0.346. The predicted octanol–water partition coefficient (Wildman–Crippen LogP) is 3.35. The van der Waals surface area contributed by atoms with Crippen molar-refractivity contribution in [2.75, 3.05) is 0 Å². The maximum absolute atomic E-state index is 10.8. The van der Waals surface area contributed by atoms with Crippen LogP contribution in [-0.4, -0.2) is 27.0 Å². The Bertz CT molecular complexity index is 374. The van der Waals surface area contributed by atoms with Crippen LogP contribution in [0.25, 0.3) is 0 Å². The standard InChI is InChI=1S/C16H25NO2/c1-2-15(16(18)11-7-4-8-12-16)17(19)13-14-9-5-3-6-10-14/h3,5-6,9-10,15,18-19H,2,4,7-8,11-13H2,1H3. The second-order valence-electron chi connectivity index (χ2n) is 5.67. The van der Waals surface area contributed by atoms with Crippen LogP contribution in [0, 0.1) is 0 Å². The topological polar surface area (TPSA) is 43.7 Å². The van der Waals surface area contributed by atoms with E-state index in [-0.39, 0.29) is 6.04 Å². The molecule has 0 radical (unpaired) electrons. The maximum Gasteiger partial charge on any atom is 0.0825 e. The Hall–Kier alpha value is -0.900. The van der Waals surface area contributed by atoms with Gasteiger partial charge < -0.3 is 10.3 Å². The van der Waals surface area contributed by atoms with Gasteiger partial charge in [-0.2, -0.15) is 5.06 Å². The Morgan fingerprint density at radius 2 is 1.79 bits per heavy atom. The molecule has 2 N–H and O–H groups in total. The van der Waals surface area contributed by atoms with Crippen LogP contribution >= 0.6 is 0 Å². The molecule has 0 saturated heterocycles. The Labute approximate surface area is 115 Å². The number of rotatable bonds is 5. The highest BCUT2D eigenvalue weighted by Gasteiger charge is 2.39. The second kappa shape index (κ2) is 6.51. The van der Waals surface area contributed by atoms with Crippen LogP contribution in [0.3, 0.4) is 0 Å². The molecule has 0 aliphatic heterocycles. The highest BCUT2D eigenvalue weighted by molar-refractivity contribution is 5.14. The van der Waals surface area contributed by atoms with Crippen LogP contribution in [0.15, 0.2) is 30.3 Å². The van der Waals surface area contributed by atoms with Gasteiger partial charge in [0.25, 0.3) is 0 Å². The number of hydroxylamine groups is 2.